The van der Waals surface area contributed by atoms with Crippen LogP contribution in [-0.4, -0.2) is 4.98 Å². The van der Waals surface area contributed by atoms with Crippen LogP contribution in [0.4, 0.5) is 5.69 Å². The van der Waals surface area contributed by atoms with Crippen molar-refractivity contribution in [3.05, 3.63) is 35.0 Å². The first-order chi connectivity index (χ1) is 9.35. The van der Waals surface area contributed by atoms with Gasteiger partial charge >= 0.3 is 0 Å². The molecule has 3 rings (SSSR count). The van der Waals surface area contributed by atoms with Gasteiger partial charge in [0, 0.05) is 11.1 Å². The van der Waals surface area contributed by atoms with Crippen LogP contribution in [-0.2, 0) is 19.3 Å². The molecule has 1 aliphatic rings. The highest BCUT2D eigenvalue weighted by molar-refractivity contribution is 5.95. The quantitative estimate of drug-likeness (QED) is 0.491. The van der Waals surface area contributed by atoms with Gasteiger partial charge < -0.3 is 5.43 Å². The first-order valence-corrected chi connectivity index (χ1v) is 7.25. The molecule has 0 aliphatic heterocycles. The molecule has 0 saturated heterocycles. The summed E-state index contributed by atoms with van der Waals surface area (Å²) in [6, 6.07) is 6.40. The molecule has 0 bridgehead atoms. The van der Waals surface area contributed by atoms with E-state index in [9.17, 15) is 0 Å². The SMILES string of the molecule is CCc1cccc2c(NN)c3c(nc12)CCCCC3. The lowest BCUT2D eigenvalue weighted by Gasteiger charge is -2.16. The maximum Gasteiger partial charge on any atom is 0.0758 e. The van der Waals surface area contributed by atoms with E-state index in [0.717, 1.165) is 30.5 Å². The van der Waals surface area contributed by atoms with Crippen molar-refractivity contribution in [3.8, 4) is 0 Å². The summed E-state index contributed by atoms with van der Waals surface area (Å²) in [5.74, 6) is 5.80. The lowest BCUT2D eigenvalue weighted by molar-refractivity contribution is 0.709. The number of anilines is 1. The molecule has 0 atom stereocenters. The molecule has 3 heteroatoms. The van der Waals surface area contributed by atoms with Gasteiger partial charge in [0.25, 0.3) is 0 Å². The summed E-state index contributed by atoms with van der Waals surface area (Å²) in [6.45, 7) is 2.18. The topological polar surface area (TPSA) is 50.9 Å². The van der Waals surface area contributed by atoms with Crippen LogP contribution >= 0.6 is 0 Å². The van der Waals surface area contributed by atoms with Crippen LogP contribution in [0.2, 0.25) is 0 Å². The van der Waals surface area contributed by atoms with E-state index in [-0.39, 0.29) is 0 Å². The molecule has 1 aromatic carbocycles. The number of aromatic nitrogens is 1. The molecule has 0 saturated carbocycles. The fourth-order valence-corrected chi connectivity index (χ4v) is 3.13. The minimum absolute atomic E-state index is 1.01. The molecule has 3 N–H and O–H groups in total. The molecular formula is C16H21N3. The molecule has 0 spiro atoms. The Morgan fingerprint density at radius 3 is 2.84 bits per heavy atom. The average Bonchev–Trinajstić information content (AvgIpc) is 2.69. The Balaban J connectivity index is 2.32. The number of aryl methyl sites for hydroxylation is 2. The molecule has 1 aromatic heterocycles. The van der Waals surface area contributed by atoms with Gasteiger partial charge in [-0.2, -0.15) is 0 Å². The zero-order chi connectivity index (χ0) is 13.2. The summed E-state index contributed by atoms with van der Waals surface area (Å²) in [5, 5.41) is 1.17. The minimum Gasteiger partial charge on any atom is -0.323 e. The lowest BCUT2D eigenvalue weighted by atomic mass is 9.99. The van der Waals surface area contributed by atoms with E-state index in [0.29, 0.717) is 0 Å². The first-order valence-electron chi connectivity index (χ1n) is 7.25. The standard InChI is InChI=1S/C16H21N3/c1-2-11-7-6-9-13-15(11)18-14-10-5-3-4-8-12(14)16(13)19-17/h6-7,9H,2-5,8,10,17H2,1H3,(H,18,19). The van der Waals surface area contributed by atoms with Crippen molar-refractivity contribution in [3.63, 3.8) is 0 Å². The molecule has 100 valence electrons. The number of pyridine rings is 1. The summed E-state index contributed by atoms with van der Waals surface area (Å²) >= 11 is 0. The second kappa shape index (κ2) is 5.17. The molecule has 1 heterocycles. The van der Waals surface area contributed by atoms with Crippen molar-refractivity contribution in [1.29, 1.82) is 0 Å². The van der Waals surface area contributed by atoms with Gasteiger partial charge in [-0.25, -0.2) is 0 Å². The summed E-state index contributed by atoms with van der Waals surface area (Å²) in [5.41, 5.74) is 9.05. The van der Waals surface area contributed by atoms with Gasteiger partial charge in [0.2, 0.25) is 0 Å². The van der Waals surface area contributed by atoms with Crippen molar-refractivity contribution in [2.75, 3.05) is 5.43 Å². The number of nitrogens with zero attached hydrogens (tertiary/aromatic N) is 1. The minimum atomic E-state index is 1.01. The van der Waals surface area contributed by atoms with Crippen LogP contribution in [0, 0.1) is 0 Å². The van der Waals surface area contributed by atoms with Gasteiger partial charge in [-0.3, -0.25) is 10.8 Å². The maximum absolute atomic E-state index is 5.80. The van der Waals surface area contributed by atoms with E-state index in [1.165, 1.54) is 41.5 Å². The predicted molar refractivity (Wildman–Crippen MR) is 80.2 cm³/mol. The zero-order valence-corrected chi connectivity index (χ0v) is 11.5. The molecule has 2 aromatic rings. The number of hydrazine groups is 1. The number of nitrogens with one attached hydrogen (secondary N) is 1. The molecule has 0 fully saturated rings. The first kappa shape index (κ1) is 12.4. The maximum atomic E-state index is 5.80. The molecule has 0 radical (unpaired) electrons. The molecule has 1 aliphatic carbocycles. The molecule has 0 unspecified atom stereocenters. The number of hydrogen-bond acceptors (Lipinski definition) is 3. The van der Waals surface area contributed by atoms with E-state index in [1.807, 2.05) is 0 Å². The number of nitrogen functional groups attached to an aromatic ring is 1. The summed E-state index contributed by atoms with van der Waals surface area (Å²) in [7, 11) is 0. The van der Waals surface area contributed by atoms with Crippen molar-refractivity contribution in [2.24, 2.45) is 5.84 Å². The Kier molecular flexibility index (Phi) is 3.38. The highest BCUT2D eigenvalue weighted by Gasteiger charge is 2.17. The fourth-order valence-electron chi connectivity index (χ4n) is 3.13. The van der Waals surface area contributed by atoms with Crippen LogP contribution in [0.3, 0.4) is 0 Å². The van der Waals surface area contributed by atoms with Gasteiger partial charge in [-0.05, 0) is 43.2 Å². The number of benzene rings is 1. The highest BCUT2D eigenvalue weighted by Crippen LogP contribution is 2.33. The third kappa shape index (κ3) is 2.08. The van der Waals surface area contributed by atoms with Crippen LogP contribution in [0.15, 0.2) is 18.2 Å². The third-order valence-corrected chi connectivity index (χ3v) is 4.15. The van der Waals surface area contributed by atoms with Crippen LogP contribution < -0.4 is 11.3 Å². The Hall–Kier alpha value is -1.61. The van der Waals surface area contributed by atoms with Crippen LogP contribution in [0.25, 0.3) is 10.9 Å². The monoisotopic (exact) mass is 255 g/mol. The zero-order valence-electron chi connectivity index (χ0n) is 11.5. The third-order valence-electron chi connectivity index (χ3n) is 4.15. The smallest absolute Gasteiger partial charge is 0.0758 e. The van der Waals surface area contributed by atoms with E-state index in [4.69, 9.17) is 10.8 Å². The van der Waals surface area contributed by atoms with Gasteiger partial charge in [-0.1, -0.05) is 31.5 Å². The van der Waals surface area contributed by atoms with Gasteiger partial charge in [0.05, 0.1) is 11.2 Å². The molecule has 19 heavy (non-hydrogen) atoms. The lowest BCUT2D eigenvalue weighted by Crippen LogP contribution is -2.12. The molecular weight excluding hydrogens is 234 g/mol. The largest absolute Gasteiger partial charge is 0.323 e. The number of fused-ring (bicyclic) bond motifs is 2. The highest BCUT2D eigenvalue weighted by atomic mass is 15.2. The van der Waals surface area contributed by atoms with Crippen molar-refractivity contribution < 1.29 is 0 Å². The van der Waals surface area contributed by atoms with Crippen molar-refractivity contribution in [2.45, 2.75) is 45.4 Å². The van der Waals surface area contributed by atoms with Gasteiger partial charge in [0.15, 0.2) is 0 Å². The molecule has 3 nitrogen and oxygen atoms in total. The molecule has 0 amide bonds. The fraction of sp³-hybridized carbons (Fsp3) is 0.438. The number of nitrogens with two attached hydrogens (primary N) is 1. The number of rotatable bonds is 2. The van der Waals surface area contributed by atoms with Crippen molar-refractivity contribution >= 4 is 16.6 Å². The Morgan fingerprint density at radius 2 is 2.05 bits per heavy atom. The van der Waals surface area contributed by atoms with Crippen molar-refractivity contribution in [1.82, 2.24) is 4.98 Å². The normalized spacial score (nSPS) is 15.1. The van der Waals surface area contributed by atoms with E-state index >= 15 is 0 Å². The average molecular weight is 255 g/mol. The summed E-state index contributed by atoms with van der Waals surface area (Å²) in [6.07, 6.45) is 6.95. The van der Waals surface area contributed by atoms with E-state index in [2.05, 4.69) is 30.5 Å². The van der Waals surface area contributed by atoms with Gasteiger partial charge in [-0.15, -0.1) is 0 Å². The van der Waals surface area contributed by atoms with Crippen LogP contribution in [0.1, 0.15) is 43.0 Å². The Morgan fingerprint density at radius 1 is 1.21 bits per heavy atom. The Bertz CT molecular complexity index is 604. The number of para-hydroxylation sites is 1. The number of hydrogen-bond donors (Lipinski definition) is 2. The predicted octanol–water partition coefficient (Wildman–Crippen LogP) is 3.35. The second-order valence-electron chi connectivity index (χ2n) is 5.28. The van der Waals surface area contributed by atoms with Crippen LogP contribution in [0.5, 0.6) is 0 Å². The Labute approximate surface area is 114 Å². The second-order valence-corrected chi connectivity index (χ2v) is 5.28. The van der Waals surface area contributed by atoms with E-state index in [1.54, 1.807) is 0 Å². The van der Waals surface area contributed by atoms with E-state index < -0.39 is 0 Å². The van der Waals surface area contributed by atoms with Gasteiger partial charge in [0.1, 0.15) is 0 Å². The summed E-state index contributed by atoms with van der Waals surface area (Å²) < 4.78 is 0. The summed E-state index contributed by atoms with van der Waals surface area (Å²) in [4.78, 5) is 4.96.